The van der Waals surface area contributed by atoms with E-state index in [9.17, 15) is 18.3 Å². The van der Waals surface area contributed by atoms with Crippen molar-refractivity contribution < 1.29 is 18.3 Å². The van der Waals surface area contributed by atoms with Gasteiger partial charge in [-0.25, -0.2) is 0 Å². The number of aromatic nitrogens is 1. The molecule has 1 atom stereocenters. The van der Waals surface area contributed by atoms with Crippen molar-refractivity contribution in [2.24, 2.45) is 0 Å². The Bertz CT molecular complexity index is 990. The number of aryl methyl sites for hydroxylation is 1. The van der Waals surface area contributed by atoms with Crippen LogP contribution in [-0.4, -0.2) is 47.7 Å². The average Bonchev–Trinajstić information content (AvgIpc) is 3.04. The molecule has 3 aromatic rings. The van der Waals surface area contributed by atoms with Crippen molar-refractivity contribution >= 4 is 16.6 Å². The van der Waals surface area contributed by atoms with Crippen LogP contribution in [0, 0.1) is 6.92 Å². The summed E-state index contributed by atoms with van der Waals surface area (Å²) in [7, 11) is 0. The van der Waals surface area contributed by atoms with Gasteiger partial charge in [-0.15, -0.1) is 0 Å². The molecular formula is C22H24F3N3O. The molecule has 7 heteroatoms. The first-order valence-electron chi connectivity index (χ1n) is 9.73. The van der Waals surface area contributed by atoms with Crippen molar-refractivity contribution in [3.8, 4) is 0 Å². The largest absolute Gasteiger partial charge is 0.416 e. The maximum absolute atomic E-state index is 13.0. The summed E-state index contributed by atoms with van der Waals surface area (Å²) in [6, 6.07) is 13.4. The molecule has 2 aromatic carbocycles. The summed E-state index contributed by atoms with van der Waals surface area (Å²) in [5, 5.41) is 11.9. The third kappa shape index (κ3) is 4.11. The van der Waals surface area contributed by atoms with Crippen LogP contribution < -0.4 is 4.90 Å². The molecule has 1 aliphatic heterocycles. The molecule has 4 nitrogen and oxygen atoms in total. The van der Waals surface area contributed by atoms with Crippen LogP contribution >= 0.6 is 0 Å². The van der Waals surface area contributed by atoms with Gasteiger partial charge in [0.25, 0.3) is 0 Å². The fourth-order valence-corrected chi connectivity index (χ4v) is 4.13. The van der Waals surface area contributed by atoms with Crippen LogP contribution in [0.25, 0.3) is 10.9 Å². The van der Waals surface area contributed by atoms with Crippen LogP contribution in [0.15, 0.2) is 48.5 Å². The van der Waals surface area contributed by atoms with Gasteiger partial charge in [0.05, 0.1) is 11.7 Å². The highest BCUT2D eigenvalue weighted by Crippen LogP contribution is 2.32. The number of halogens is 3. The highest BCUT2D eigenvalue weighted by atomic mass is 19.4. The Hall–Kier alpha value is -2.51. The van der Waals surface area contributed by atoms with E-state index in [1.54, 1.807) is 6.07 Å². The number of anilines is 1. The lowest BCUT2D eigenvalue weighted by atomic mass is 10.0. The van der Waals surface area contributed by atoms with E-state index in [1.165, 1.54) is 12.1 Å². The Morgan fingerprint density at radius 2 is 1.76 bits per heavy atom. The van der Waals surface area contributed by atoms with Crippen molar-refractivity contribution in [3.05, 3.63) is 65.4 Å². The number of alkyl halides is 3. The van der Waals surface area contributed by atoms with E-state index in [0.717, 1.165) is 28.2 Å². The number of nitrogens with zero attached hydrogens (tertiary/aromatic N) is 2. The van der Waals surface area contributed by atoms with E-state index in [1.807, 2.05) is 36.1 Å². The molecule has 0 spiro atoms. The summed E-state index contributed by atoms with van der Waals surface area (Å²) >= 11 is 0. The number of β-amino-alcohol motifs (C(OH)–C–C–N with tert-alkyl or cyclic N) is 1. The van der Waals surface area contributed by atoms with Crippen LogP contribution in [0.1, 0.15) is 22.9 Å². The van der Waals surface area contributed by atoms with Gasteiger partial charge in [-0.2, -0.15) is 13.2 Å². The molecule has 0 unspecified atom stereocenters. The first-order chi connectivity index (χ1) is 13.8. The maximum atomic E-state index is 13.0. The SMILES string of the molecule is Cc1[nH]c2ccccc2c1[C@@H](O)CN1CCN(c2cccc(C(F)(F)F)c2)CC1. The number of nitrogens with one attached hydrogen (secondary N) is 1. The van der Waals surface area contributed by atoms with Crippen molar-refractivity contribution in [3.63, 3.8) is 0 Å². The molecule has 0 aliphatic carbocycles. The molecule has 1 aromatic heterocycles. The Kier molecular flexibility index (Phi) is 5.27. The van der Waals surface area contributed by atoms with Crippen molar-refractivity contribution in [1.82, 2.24) is 9.88 Å². The van der Waals surface area contributed by atoms with E-state index in [4.69, 9.17) is 0 Å². The molecule has 2 N–H and O–H groups in total. The molecule has 1 aliphatic rings. The van der Waals surface area contributed by atoms with E-state index < -0.39 is 17.8 Å². The predicted molar refractivity (Wildman–Crippen MR) is 108 cm³/mol. The van der Waals surface area contributed by atoms with Gasteiger partial charge in [0.2, 0.25) is 0 Å². The molecule has 2 heterocycles. The molecule has 154 valence electrons. The van der Waals surface area contributed by atoms with E-state index in [-0.39, 0.29) is 0 Å². The first-order valence-corrected chi connectivity index (χ1v) is 9.73. The van der Waals surface area contributed by atoms with Crippen LogP contribution in [0.5, 0.6) is 0 Å². The van der Waals surface area contributed by atoms with Gasteiger partial charge in [-0.3, -0.25) is 4.90 Å². The lowest BCUT2D eigenvalue weighted by molar-refractivity contribution is -0.137. The van der Waals surface area contributed by atoms with E-state index in [2.05, 4.69) is 9.88 Å². The summed E-state index contributed by atoms with van der Waals surface area (Å²) in [5.41, 5.74) is 2.85. The van der Waals surface area contributed by atoms with Crippen LogP contribution in [0.3, 0.4) is 0 Å². The van der Waals surface area contributed by atoms with Crippen LogP contribution in [-0.2, 0) is 6.18 Å². The van der Waals surface area contributed by atoms with Crippen molar-refractivity contribution in [2.75, 3.05) is 37.6 Å². The fraction of sp³-hybridized carbons (Fsp3) is 0.364. The number of aliphatic hydroxyl groups is 1. The number of para-hydroxylation sites is 1. The molecule has 0 radical (unpaired) electrons. The Labute approximate surface area is 167 Å². The number of rotatable bonds is 4. The number of piperazine rings is 1. The average molecular weight is 403 g/mol. The number of H-pyrrole nitrogens is 1. The molecule has 0 bridgehead atoms. The minimum Gasteiger partial charge on any atom is -0.387 e. The summed E-state index contributed by atoms with van der Waals surface area (Å²) < 4.78 is 38.9. The van der Waals surface area contributed by atoms with E-state index in [0.29, 0.717) is 38.4 Å². The second kappa shape index (κ2) is 7.72. The highest BCUT2D eigenvalue weighted by Gasteiger charge is 2.31. The minimum atomic E-state index is -4.33. The number of aliphatic hydroxyl groups excluding tert-OH is 1. The normalized spacial score (nSPS) is 17.1. The van der Waals surface area contributed by atoms with Gasteiger partial charge in [-0.05, 0) is 31.2 Å². The molecule has 29 heavy (non-hydrogen) atoms. The van der Waals surface area contributed by atoms with Gasteiger partial charge >= 0.3 is 6.18 Å². The maximum Gasteiger partial charge on any atom is 0.416 e. The number of fused-ring (bicyclic) bond motifs is 1. The summed E-state index contributed by atoms with van der Waals surface area (Å²) in [6.07, 6.45) is -4.95. The van der Waals surface area contributed by atoms with Gasteiger partial charge in [0.15, 0.2) is 0 Å². The Balaban J connectivity index is 1.41. The fourth-order valence-electron chi connectivity index (χ4n) is 4.13. The van der Waals surface area contributed by atoms with Crippen LogP contribution in [0.2, 0.25) is 0 Å². The monoisotopic (exact) mass is 403 g/mol. The predicted octanol–water partition coefficient (Wildman–Crippen LogP) is 4.35. The van der Waals surface area contributed by atoms with Gasteiger partial charge in [0, 0.05) is 60.6 Å². The highest BCUT2D eigenvalue weighted by molar-refractivity contribution is 5.84. The van der Waals surface area contributed by atoms with Gasteiger partial charge in [-0.1, -0.05) is 24.3 Å². The summed E-state index contributed by atoms with van der Waals surface area (Å²) in [4.78, 5) is 7.44. The van der Waals surface area contributed by atoms with Crippen molar-refractivity contribution in [2.45, 2.75) is 19.2 Å². The number of hydrogen-bond acceptors (Lipinski definition) is 3. The Morgan fingerprint density at radius 1 is 1.03 bits per heavy atom. The lowest BCUT2D eigenvalue weighted by Gasteiger charge is -2.37. The van der Waals surface area contributed by atoms with E-state index >= 15 is 0 Å². The van der Waals surface area contributed by atoms with Crippen LogP contribution in [0.4, 0.5) is 18.9 Å². The zero-order chi connectivity index (χ0) is 20.6. The molecule has 1 saturated heterocycles. The van der Waals surface area contributed by atoms with Gasteiger partial charge < -0.3 is 15.0 Å². The third-order valence-corrected chi connectivity index (χ3v) is 5.62. The topological polar surface area (TPSA) is 42.5 Å². The van der Waals surface area contributed by atoms with Gasteiger partial charge in [0.1, 0.15) is 0 Å². The third-order valence-electron chi connectivity index (χ3n) is 5.62. The number of hydrogen-bond donors (Lipinski definition) is 2. The molecule has 0 saturated carbocycles. The zero-order valence-corrected chi connectivity index (χ0v) is 16.2. The smallest absolute Gasteiger partial charge is 0.387 e. The second-order valence-electron chi connectivity index (χ2n) is 7.56. The standard InChI is InChI=1S/C22H24F3N3O/c1-15-21(18-7-2-3-8-19(18)26-15)20(29)14-27-9-11-28(12-10-27)17-6-4-5-16(13-17)22(23,24)25/h2-8,13,20,26,29H,9-12,14H2,1H3/t20-/m0/s1. The second-order valence-corrected chi connectivity index (χ2v) is 7.56. The Morgan fingerprint density at radius 3 is 2.48 bits per heavy atom. The molecule has 0 amide bonds. The molecule has 1 fully saturated rings. The van der Waals surface area contributed by atoms with Crippen molar-refractivity contribution in [1.29, 1.82) is 0 Å². The molecule has 4 rings (SSSR count). The molecular weight excluding hydrogens is 379 g/mol. The quantitative estimate of drug-likeness (QED) is 0.681. The summed E-state index contributed by atoms with van der Waals surface area (Å²) in [6.45, 7) is 5.09. The lowest BCUT2D eigenvalue weighted by Crippen LogP contribution is -2.47. The number of aromatic amines is 1. The summed E-state index contributed by atoms with van der Waals surface area (Å²) in [5.74, 6) is 0. The zero-order valence-electron chi connectivity index (χ0n) is 16.2. The number of benzene rings is 2. The minimum absolute atomic E-state index is 0.499. The first kappa shape index (κ1) is 19.8.